The van der Waals surface area contributed by atoms with Crippen LogP contribution >= 0.6 is 0 Å². The fourth-order valence-corrected chi connectivity index (χ4v) is 0.414. The third-order valence-electron chi connectivity index (χ3n) is 0.779. The fraction of sp³-hybridized carbons (Fsp3) is 0. The quantitative estimate of drug-likeness (QED) is 0.591. The highest BCUT2D eigenvalue weighted by Crippen LogP contribution is 1.72. The monoisotopic (exact) mass is 137 g/mol. The first-order valence-electron chi connectivity index (χ1n) is 2.79. The van der Waals surface area contributed by atoms with Gasteiger partial charge in [0.25, 0.3) is 0 Å². The Kier molecular flexibility index (Phi) is 2.82. The molecule has 0 saturated heterocycles. The van der Waals surface area contributed by atoms with E-state index < -0.39 is 0 Å². The molecular formula is C6H7N3O. The highest BCUT2D eigenvalue weighted by Gasteiger charge is 1.61. The van der Waals surface area contributed by atoms with Crippen LogP contribution in [0.3, 0.4) is 0 Å². The zero-order chi connectivity index (χ0) is 7.07. The minimum Gasteiger partial charge on any atom is -0.368 e. The van der Waals surface area contributed by atoms with Crippen LogP contribution in [0.15, 0.2) is 41.5 Å². The first-order chi connectivity index (χ1) is 5.00. The standard InChI is InChI=1S/C4H5N.C2H2N2O/c1-2-4-5-3-1;1-2-5-4-3-1/h1-5H;1-2H. The molecule has 2 heterocycles. The van der Waals surface area contributed by atoms with Gasteiger partial charge in [0.15, 0.2) is 0 Å². The summed E-state index contributed by atoms with van der Waals surface area (Å²) in [5.74, 6) is 0. The van der Waals surface area contributed by atoms with Crippen molar-refractivity contribution in [2.24, 2.45) is 0 Å². The van der Waals surface area contributed by atoms with E-state index in [1.165, 1.54) is 12.5 Å². The number of H-pyrrole nitrogens is 1. The molecule has 0 bridgehead atoms. The predicted molar refractivity (Wildman–Crippen MR) is 35.1 cm³/mol. The van der Waals surface area contributed by atoms with E-state index in [4.69, 9.17) is 0 Å². The molecule has 52 valence electrons. The van der Waals surface area contributed by atoms with Gasteiger partial charge in [-0.15, -0.1) is 5.10 Å². The van der Waals surface area contributed by atoms with E-state index >= 15 is 0 Å². The Bertz CT molecular complexity index is 152. The maximum Gasteiger partial charge on any atom is 0.144 e. The average Bonchev–Trinajstić information content (AvgIpc) is 2.67. The van der Waals surface area contributed by atoms with E-state index in [0.29, 0.717) is 0 Å². The minimum atomic E-state index is 1.40. The summed E-state index contributed by atoms with van der Waals surface area (Å²) in [6, 6.07) is 3.89. The van der Waals surface area contributed by atoms with Crippen molar-refractivity contribution in [3.8, 4) is 0 Å². The van der Waals surface area contributed by atoms with E-state index in [9.17, 15) is 0 Å². The van der Waals surface area contributed by atoms with Crippen LogP contribution in [0, 0.1) is 0 Å². The lowest BCUT2D eigenvalue weighted by molar-refractivity contribution is 0.393. The van der Waals surface area contributed by atoms with Gasteiger partial charge in [0.2, 0.25) is 0 Å². The maximum atomic E-state index is 4.22. The van der Waals surface area contributed by atoms with Crippen molar-refractivity contribution < 1.29 is 4.52 Å². The predicted octanol–water partition coefficient (Wildman–Crippen LogP) is 1.08. The van der Waals surface area contributed by atoms with Gasteiger partial charge in [0.1, 0.15) is 6.26 Å². The van der Waals surface area contributed by atoms with Crippen molar-refractivity contribution in [3.63, 3.8) is 0 Å². The average molecular weight is 137 g/mol. The molecule has 1 N–H and O–H groups in total. The molecule has 0 aliphatic carbocycles. The molecule has 10 heavy (non-hydrogen) atoms. The molecule has 0 fully saturated rings. The van der Waals surface area contributed by atoms with Crippen LogP contribution in [0.1, 0.15) is 0 Å². The molecule has 2 aromatic heterocycles. The lowest BCUT2D eigenvalue weighted by atomic mass is 10.7. The zero-order valence-corrected chi connectivity index (χ0v) is 5.27. The van der Waals surface area contributed by atoms with Crippen LogP contribution in [-0.4, -0.2) is 15.4 Å². The molecule has 4 heteroatoms. The van der Waals surface area contributed by atoms with Crippen molar-refractivity contribution >= 4 is 0 Å². The van der Waals surface area contributed by atoms with Crippen molar-refractivity contribution in [1.29, 1.82) is 0 Å². The molecule has 0 aliphatic rings. The highest BCUT2D eigenvalue weighted by atomic mass is 16.5. The van der Waals surface area contributed by atoms with Crippen LogP contribution in [0.4, 0.5) is 0 Å². The first kappa shape index (κ1) is 6.54. The number of aromatic amines is 1. The third-order valence-corrected chi connectivity index (χ3v) is 0.779. The highest BCUT2D eigenvalue weighted by molar-refractivity contribution is 4.84. The Morgan fingerprint density at radius 2 is 2.00 bits per heavy atom. The molecule has 0 atom stereocenters. The summed E-state index contributed by atoms with van der Waals surface area (Å²) in [4.78, 5) is 2.86. The van der Waals surface area contributed by atoms with E-state index in [0.717, 1.165) is 0 Å². The summed E-state index contributed by atoms with van der Waals surface area (Å²) in [6.07, 6.45) is 6.62. The summed E-state index contributed by atoms with van der Waals surface area (Å²) in [6.45, 7) is 0. The molecule has 0 aromatic carbocycles. The van der Waals surface area contributed by atoms with Gasteiger partial charge in [0, 0.05) is 17.7 Å². The van der Waals surface area contributed by atoms with E-state index in [2.05, 4.69) is 19.9 Å². The lowest BCUT2D eigenvalue weighted by Gasteiger charge is -1.49. The van der Waals surface area contributed by atoms with Crippen molar-refractivity contribution in [1.82, 2.24) is 15.4 Å². The van der Waals surface area contributed by atoms with Crippen LogP contribution in [0.2, 0.25) is 0 Å². The molecule has 2 rings (SSSR count). The van der Waals surface area contributed by atoms with Gasteiger partial charge in [-0.25, -0.2) is 0 Å². The van der Waals surface area contributed by atoms with Gasteiger partial charge >= 0.3 is 0 Å². The van der Waals surface area contributed by atoms with Crippen molar-refractivity contribution in [3.05, 3.63) is 37.0 Å². The zero-order valence-electron chi connectivity index (χ0n) is 5.27. The van der Waals surface area contributed by atoms with E-state index in [1.54, 1.807) is 0 Å². The largest absolute Gasteiger partial charge is 0.368 e. The molecular weight excluding hydrogens is 130 g/mol. The Hall–Kier alpha value is -1.58. The molecule has 0 aliphatic heterocycles. The minimum absolute atomic E-state index is 1.40. The van der Waals surface area contributed by atoms with Gasteiger partial charge in [0.05, 0.1) is 6.20 Å². The molecule has 0 radical (unpaired) electrons. The topological polar surface area (TPSA) is 54.7 Å². The molecule has 4 nitrogen and oxygen atoms in total. The molecule has 0 amide bonds. The Balaban J connectivity index is 0.0000001000. The van der Waals surface area contributed by atoms with Crippen LogP contribution < -0.4 is 0 Å². The Labute approximate surface area is 57.9 Å². The second kappa shape index (κ2) is 4.31. The normalized spacial score (nSPS) is 8.00. The molecule has 2 aromatic rings. The van der Waals surface area contributed by atoms with E-state index in [1.807, 2.05) is 24.5 Å². The fourth-order valence-electron chi connectivity index (χ4n) is 0.414. The number of hydrogen-bond donors (Lipinski definition) is 1. The summed E-state index contributed by atoms with van der Waals surface area (Å²) in [7, 11) is 0. The van der Waals surface area contributed by atoms with Crippen LogP contribution in [-0.2, 0) is 0 Å². The second-order valence-corrected chi connectivity index (χ2v) is 1.47. The second-order valence-electron chi connectivity index (χ2n) is 1.47. The maximum absolute atomic E-state index is 4.22. The van der Waals surface area contributed by atoms with Crippen molar-refractivity contribution in [2.45, 2.75) is 0 Å². The SMILES string of the molecule is c1cc[nH]c1.c1conn1. The molecule has 0 spiro atoms. The number of nitrogens with one attached hydrogen (secondary N) is 1. The van der Waals surface area contributed by atoms with Gasteiger partial charge in [-0.3, -0.25) is 0 Å². The van der Waals surface area contributed by atoms with Gasteiger partial charge in [-0.1, -0.05) is 0 Å². The number of aromatic nitrogens is 3. The number of hydrogen-bond acceptors (Lipinski definition) is 3. The van der Waals surface area contributed by atoms with Crippen molar-refractivity contribution in [2.75, 3.05) is 0 Å². The Morgan fingerprint density at radius 1 is 1.20 bits per heavy atom. The van der Waals surface area contributed by atoms with Crippen LogP contribution in [0.25, 0.3) is 0 Å². The van der Waals surface area contributed by atoms with Gasteiger partial charge in [-0.2, -0.15) is 0 Å². The van der Waals surface area contributed by atoms with Gasteiger partial charge < -0.3 is 9.51 Å². The lowest BCUT2D eigenvalue weighted by Crippen LogP contribution is -1.53. The van der Waals surface area contributed by atoms with Crippen LogP contribution in [0.5, 0.6) is 0 Å². The first-order valence-corrected chi connectivity index (χ1v) is 2.79. The summed E-state index contributed by atoms with van der Waals surface area (Å²) in [5, 5.41) is 6.40. The Morgan fingerprint density at radius 3 is 2.20 bits per heavy atom. The number of rotatable bonds is 0. The van der Waals surface area contributed by atoms with E-state index in [-0.39, 0.29) is 0 Å². The smallest absolute Gasteiger partial charge is 0.144 e. The molecule has 0 unspecified atom stereocenters. The number of nitrogens with zero attached hydrogens (tertiary/aromatic N) is 2. The molecule has 0 saturated carbocycles. The third kappa shape index (κ3) is 2.66. The summed E-state index contributed by atoms with van der Waals surface area (Å²) in [5.41, 5.74) is 0. The van der Waals surface area contributed by atoms with Gasteiger partial charge in [-0.05, 0) is 12.1 Å². The summed E-state index contributed by atoms with van der Waals surface area (Å²) < 4.78 is 4.22. The summed E-state index contributed by atoms with van der Waals surface area (Å²) >= 11 is 0.